The number of hydrogen-bond acceptors (Lipinski definition) is 3. The van der Waals surface area contributed by atoms with Crippen LogP contribution in [0.25, 0.3) is 0 Å². The fraction of sp³-hybridized carbons (Fsp3) is 0.650. The molecule has 0 amide bonds. The van der Waals surface area contributed by atoms with Gasteiger partial charge >= 0.3 is 0 Å². The summed E-state index contributed by atoms with van der Waals surface area (Å²) in [5.74, 6) is 0.857. The van der Waals surface area contributed by atoms with Crippen molar-refractivity contribution in [2.24, 2.45) is 10.4 Å². The average molecular weight is 348 g/mol. The second-order valence-electron chi connectivity index (χ2n) is 6.93. The maximum Gasteiger partial charge on any atom is 0.191 e. The van der Waals surface area contributed by atoms with E-state index < -0.39 is 0 Å². The second-order valence-corrected chi connectivity index (χ2v) is 6.93. The molecule has 0 radical (unpaired) electrons. The van der Waals surface area contributed by atoms with Crippen LogP contribution in [-0.4, -0.2) is 40.4 Å². The molecule has 0 spiro atoms. The van der Waals surface area contributed by atoms with Gasteiger partial charge in [0.15, 0.2) is 5.96 Å². The zero-order chi connectivity index (χ0) is 18.0. The Kier molecular flexibility index (Phi) is 8.22. The summed E-state index contributed by atoms with van der Waals surface area (Å²) in [5.41, 5.74) is 2.80. The predicted molar refractivity (Wildman–Crippen MR) is 103 cm³/mol. The van der Waals surface area contributed by atoms with Gasteiger partial charge in [-0.25, -0.2) is 0 Å². The van der Waals surface area contributed by atoms with Crippen LogP contribution in [-0.2, 0) is 22.6 Å². The van der Waals surface area contributed by atoms with Crippen LogP contribution in [0.1, 0.15) is 43.2 Å². The van der Waals surface area contributed by atoms with Gasteiger partial charge < -0.3 is 20.1 Å². The van der Waals surface area contributed by atoms with Crippen molar-refractivity contribution >= 4 is 5.96 Å². The van der Waals surface area contributed by atoms with Gasteiger partial charge in [0.2, 0.25) is 0 Å². The van der Waals surface area contributed by atoms with Crippen molar-refractivity contribution in [3.05, 3.63) is 35.4 Å². The Bertz CT molecular complexity index is 539. The van der Waals surface area contributed by atoms with Crippen LogP contribution < -0.4 is 10.6 Å². The minimum absolute atomic E-state index is 0.349. The number of guanidine groups is 1. The third kappa shape index (κ3) is 6.01. The Labute approximate surface area is 152 Å². The van der Waals surface area contributed by atoms with Gasteiger partial charge in [0.25, 0.3) is 0 Å². The molecule has 2 rings (SSSR count). The van der Waals surface area contributed by atoms with Gasteiger partial charge in [-0.3, -0.25) is 4.99 Å². The highest BCUT2D eigenvalue weighted by Gasteiger charge is 2.33. The van der Waals surface area contributed by atoms with Crippen LogP contribution in [0.15, 0.2) is 29.3 Å². The second kappa shape index (κ2) is 10.4. The first kappa shape index (κ1) is 19.7. The summed E-state index contributed by atoms with van der Waals surface area (Å²) in [4.78, 5) is 4.38. The monoisotopic (exact) mass is 347 g/mol. The number of ether oxygens (including phenoxy) is 2. The van der Waals surface area contributed by atoms with E-state index in [9.17, 15) is 0 Å². The first-order chi connectivity index (χ1) is 12.2. The van der Waals surface area contributed by atoms with Crippen molar-refractivity contribution in [2.75, 3.05) is 34.4 Å². The van der Waals surface area contributed by atoms with E-state index in [4.69, 9.17) is 9.47 Å². The Morgan fingerprint density at radius 2 is 1.80 bits per heavy atom. The molecule has 0 aromatic heterocycles. The molecular formula is C20H33N3O2. The summed E-state index contributed by atoms with van der Waals surface area (Å²) in [6, 6.07) is 8.34. The summed E-state index contributed by atoms with van der Waals surface area (Å²) in [6.45, 7) is 3.15. The van der Waals surface area contributed by atoms with Crippen LogP contribution >= 0.6 is 0 Å². The summed E-state index contributed by atoms with van der Waals surface area (Å²) < 4.78 is 10.6. The lowest BCUT2D eigenvalue weighted by Crippen LogP contribution is -2.43. The minimum Gasteiger partial charge on any atom is -0.385 e. The third-order valence-electron chi connectivity index (χ3n) is 5.22. The highest BCUT2D eigenvalue weighted by molar-refractivity contribution is 5.79. The van der Waals surface area contributed by atoms with Crippen molar-refractivity contribution in [3.63, 3.8) is 0 Å². The first-order valence-electron chi connectivity index (χ1n) is 9.22. The van der Waals surface area contributed by atoms with Gasteiger partial charge in [0.1, 0.15) is 0 Å². The Hall–Kier alpha value is -1.59. The van der Waals surface area contributed by atoms with Crippen LogP contribution in [0.4, 0.5) is 0 Å². The third-order valence-corrected chi connectivity index (χ3v) is 5.22. The lowest BCUT2D eigenvalue weighted by atomic mass is 9.83. The molecule has 1 aliphatic rings. The summed E-state index contributed by atoms with van der Waals surface area (Å²) in [6.07, 6.45) is 6.31. The molecule has 0 heterocycles. The van der Waals surface area contributed by atoms with Gasteiger partial charge in [0, 0.05) is 41.0 Å². The van der Waals surface area contributed by atoms with Gasteiger partial charge in [-0.05, 0) is 35.8 Å². The van der Waals surface area contributed by atoms with Crippen LogP contribution in [0.3, 0.4) is 0 Å². The average Bonchev–Trinajstić information content (AvgIpc) is 3.11. The molecule has 0 saturated heterocycles. The number of nitrogens with one attached hydrogen (secondary N) is 2. The lowest BCUT2D eigenvalue weighted by molar-refractivity contribution is 0.138. The molecule has 5 nitrogen and oxygen atoms in total. The molecule has 1 aromatic carbocycles. The summed E-state index contributed by atoms with van der Waals surface area (Å²) in [7, 11) is 5.34. The SMILES string of the molecule is CN=C(NCc1ccccc1COC)NCC1(CCOC)CCCC1. The first-order valence-corrected chi connectivity index (χ1v) is 9.22. The van der Waals surface area contributed by atoms with Crippen molar-refractivity contribution in [2.45, 2.75) is 45.3 Å². The highest BCUT2D eigenvalue weighted by Crippen LogP contribution is 2.40. The topological polar surface area (TPSA) is 54.9 Å². The number of aliphatic imine (C=N–C) groups is 1. The molecule has 25 heavy (non-hydrogen) atoms. The number of methoxy groups -OCH3 is 2. The quantitative estimate of drug-likeness (QED) is 0.532. The molecule has 140 valence electrons. The highest BCUT2D eigenvalue weighted by atomic mass is 16.5. The van der Waals surface area contributed by atoms with Crippen LogP contribution in [0.5, 0.6) is 0 Å². The molecule has 1 saturated carbocycles. The molecule has 0 bridgehead atoms. The minimum atomic E-state index is 0.349. The van der Waals surface area contributed by atoms with E-state index >= 15 is 0 Å². The molecule has 1 aliphatic carbocycles. The van der Waals surface area contributed by atoms with E-state index in [1.165, 1.54) is 36.8 Å². The maximum atomic E-state index is 5.32. The zero-order valence-corrected chi connectivity index (χ0v) is 15.9. The van der Waals surface area contributed by atoms with Crippen molar-refractivity contribution < 1.29 is 9.47 Å². The summed E-state index contributed by atoms with van der Waals surface area (Å²) in [5, 5.41) is 6.97. The molecule has 0 atom stereocenters. The number of nitrogens with zero attached hydrogens (tertiary/aromatic N) is 1. The van der Waals surface area contributed by atoms with Gasteiger partial charge in [0.05, 0.1) is 6.61 Å². The standard InChI is InChI=1S/C20H33N3O2/c1-21-19(22-14-17-8-4-5-9-18(17)15-25-3)23-16-20(12-13-24-2)10-6-7-11-20/h4-5,8-9H,6-7,10-16H2,1-3H3,(H2,21,22,23). The summed E-state index contributed by atoms with van der Waals surface area (Å²) >= 11 is 0. The molecule has 0 aliphatic heterocycles. The van der Waals surface area contributed by atoms with Crippen molar-refractivity contribution in [1.82, 2.24) is 10.6 Å². The van der Waals surface area contributed by atoms with E-state index in [-0.39, 0.29) is 0 Å². The van der Waals surface area contributed by atoms with Crippen molar-refractivity contribution in [1.29, 1.82) is 0 Å². The Balaban J connectivity index is 1.88. The van der Waals surface area contributed by atoms with E-state index in [1.807, 2.05) is 13.1 Å². The fourth-order valence-electron chi connectivity index (χ4n) is 3.66. The Morgan fingerprint density at radius 1 is 1.08 bits per heavy atom. The predicted octanol–water partition coefficient (Wildman–Crippen LogP) is 3.09. The van der Waals surface area contributed by atoms with E-state index in [1.54, 1.807) is 14.2 Å². The molecule has 5 heteroatoms. The lowest BCUT2D eigenvalue weighted by Gasteiger charge is -2.30. The maximum absolute atomic E-state index is 5.32. The van der Waals surface area contributed by atoms with E-state index in [0.717, 1.165) is 32.1 Å². The molecular weight excluding hydrogens is 314 g/mol. The smallest absolute Gasteiger partial charge is 0.191 e. The molecule has 2 N–H and O–H groups in total. The number of rotatable bonds is 9. The number of benzene rings is 1. The molecule has 1 fully saturated rings. The fourth-order valence-corrected chi connectivity index (χ4v) is 3.66. The van der Waals surface area contributed by atoms with Crippen LogP contribution in [0.2, 0.25) is 0 Å². The van der Waals surface area contributed by atoms with Gasteiger partial charge in [-0.15, -0.1) is 0 Å². The van der Waals surface area contributed by atoms with Crippen LogP contribution in [0, 0.1) is 5.41 Å². The number of hydrogen-bond donors (Lipinski definition) is 2. The molecule has 1 aromatic rings. The van der Waals surface area contributed by atoms with E-state index in [2.05, 4.69) is 33.8 Å². The largest absolute Gasteiger partial charge is 0.385 e. The van der Waals surface area contributed by atoms with Gasteiger partial charge in [-0.2, -0.15) is 0 Å². The molecule has 0 unspecified atom stereocenters. The Morgan fingerprint density at radius 3 is 2.44 bits per heavy atom. The normalized spacial score (nSPS) is 16.8. The van der Waals surface area contributed by atoms with E-state index in [0.29, 0.717) is 12.0 Å². The van der Waals surface area contributed by atoms with Crippen molar-refractivity contribution in [3.8, 4) is 0 Å². The van der Waals surface area contributed by atoms with Gasteiger partial charge in [-0.1, -0.05) is 37.1 Å². The zero-order valence-electron chi connectivity index (χ0n) is 15.9.